The maximum Gasteiger partial charge on any atom is 0.179 e. The highest BCUT2D eigenvalue weighted by molar-refractivity contribution is 5.91. The molecule has 0 atom stereocenters. The van der Waals surface area contributed by atoms with Crippen LogP contribution in [0.2, 0.25) is 0 Å². The molecule has 0 spiro atoms. The molecule has 2 heterocycles. The molecule has 19 heavy (non-hydrogen) atoms. The summed E-state index contributed by atoms with van der Waals surface area (Å²) in [6.45, 7) is 3.98. The number of carbonyl (C=O) groups is 1. The number of pyridine rings is 1. The van der Waals surface area contributed by atoms with E-state index >= 15 is 0 Å². The summed E-state index contributed by atoms with van der Waals surface area (Å²) in [5.41, 5.74) is 1.69. The Labute approximate surface area is 111 Å². The maximum absolute atomic E-state index is 11.4. The Balaban J connectivity index is 2.38. The van der Waals surface area contributed by atoms with Gasteiger partial charge in [-0.3, -0.25) is 4.79 Å². The number of Topliss-reactive ketones (excluding diaryl/α,β-unsaturated/α-hetero) is 1. The van der Waals surface area contributed by atoms with Crippen molar-refractivity contribution in [1.29, 1.82) is 5.26 Å². The fourth-order valence-corrected chi connectivity index (χ4v) is 1.89. The number of hydrogen-bond donors (Lipinski definition) is 0. The second-order valence-corrected chi connectivity index (χ2v) is 4.20. The van der Waals surface area contributed by atoms with Gasteiger partial charge in [-0.1, -0.05) is 13.0 Å². The fourth-order valence-electron chi connectivity index (χ4n) is 1.89. The number of hydrogen-bond acceptors (Lipinski definition) is 4. The van der Waals surface area contributed by atoms with E-state index in [0.717, 1.165) is 17.8 Å². The molecule has 0 saturated heterocycles. The summed E-state index contributed by atoms with van der Waals surface area (Å²) < 4.78 is 1.90. The van der Waals surface area contributed by atoms with E-state index in [9.17, 15) is 4.79 Å². The molecule has 5 nitrogen and oxygen atoms in total. The highest BCUT2D eigenvalue weighted by Crippen LogP contribution is 2.11. The zero-order chi connectivity index (χ0) is 13.8. The van der Waals surface area contributed by atoms with E-state index in [2.05, 4.69) is 16.0 Å². The van der Waals surface area contributed by atoms with E-state index in [1.165, 1.54) is 6.92 Å². The van der Waals surface area contributed by atoms with E-state index < -0.39 is 0 Å². The zero-order valence-electron chi connectivity index (χ0n) is 10.9. The van der Waals surface area contributed by atoms with Crippen LogP contribution < -0.4 is 0 Å². The van der Waals surface area contributed by atoms with Gasteiger partial charge in [0.15, 0.2) is 5.78 Å². The Morgan fingerprint density at radius 2 is 2.32 bits per heavy atom. The van der Waals surface area contributed by atoms with Gasteiger partial charge in [0.25, 0.3) is 0 Å². The van der Waals surface area contributed by atoms with E-state index in [0.29, 0.717) is 17.9 Å². The maximum atomic E-state index is 11.4. The van der Waals surface area contributed by atoms with Crippen LogP contribution in [0.3, 0.4) is 0 Å². The van der Waals surface area contributed by atoms with Crippen LogP contribution in [0.25, 0.3) is 0 Å². The summed E-state index contributed by atoms with van der Waals surface area (Å²) in [7, 11) is 0. The second kappa shape index (κ2) is 5.44. The van der Waals surface area contributed by atoms with Crippen LogP contribution in [-0.2, 0) is 13.0 Å². The van der Waals surface area contributed by atoms with Crippen molar-refractivity contribution < 1.29 is 4.79 Å². The quantitative estimate of drug-likeness (QED) is 0.782. The van der Waals surface area contributed by atoms with Gasteiger partial charge in [0.05, 0.1) is 6.54 Å². The van der Waals surface area contributed by atoms with Crippen LogP contribution in [-0.4, -0.2) is 20.3 Å². The molecule has 0 unspecified atom stereocenters. The molecule has 96 valence electrons. The number of carbonyl (C=O) groups excluding carboxylic acids is 1. The summed E-state index contributed by atoms with van der Waals surface area (Å²) >= 11 is 0. The Bertz CT molecular complexity index is 652. The first-order chi connectivity index (χ1) is 9.15. The molecule has 0 bridgehead atoms. The molecule has 0 radical (unpaired) electrons. The topological polar surface area (TPSA) is 71.6 Å². The molecule has 5 heteroatoms. The van der Waals surface area contributed by atoms with Gasteiger partial charge in [-0.15, -0.1) is 0 Å². The van der Waals surface area contributed by atoms with Crippen molar-refractivity contribution in [3.05, 3.63) is 47.3 Å². The van der Waals surface area contributed by atoms with Gasteiger partial charge in [0, 0.05) is 31.3 Å². The number of imidazole rings is 1. The molecule has 0 amide bonds. The summed E-state index contributed by atoms with van der Waals surface area (Å²) in [5.74, 6) is 0.776. The normalized spacial score (nSPS) is 10.2. The molecular formula is C14H14N4O. The van der Waals surface area contributed by atoms with Gasteiger partial charge in [0.2, 0.25) is 0 Å². The Morgan fingerprint density at radius 3 is 2.95 bits per heavy atom. The van der Waals surface area contributed by atoms with Crippen LogP contribution in [0.4, 0.5) is 0 Å². The molecule has 0 saturated carbocycles. The van der Waals surface area contributed by atoms with Gasteiger partial charge in [-0.2, -0.15) is 5.26 Å². The van der Waals surface area contributed by atoms with Crippen LogP contribution in [0.15, 0.2) is 24.5 Å². The summed E-state index contributed by atoms with van der Waals surface area (Å²) in [4.78, 5) is 19.7. The largest absolute Gasteiger partial charge is 0.330 e. The van der Waals surface area contributed by atoms with Crippen molar-refractivity contribution in [2.45, 2.75) is 26.8 Å². The number of aromatic nitrogens is 3. The lowest BCUT2D eigenvalue weighted by Crippen LogP contribution is -2.05. The number of aryl methyl sites for hydroxylation is 1. The highest BCUT2D eigenvalue weighted by atomic mass is 16.1. The van der Waals surface area contributed by atoms with Gasteiger partial charge in [-0.25, -0.2) is 9.97 Å². The number of nitriles is 1. The minimum Gasteiger partial charge on any atom is -0.330 e. The first kappa shape index (κ1) is 13.0. The molecule has 0 N–H and O–H groups in total. The van der Waals surface area contributed by atoms with E-state index in [4.69, 9.17) is 5.26 Å². The molecule has 2 aromatic rings. The third-order valence-corrected chi connectivity index (χ3v) is 2.87. The van der Waals surface area contributed by atoms with Gasteiger partial charge >= 0.3 is 0 Å². The molecule has 0 aliphatic heterocycles. The Kier molecular flexibility index (Phi) is 3.71. The monoisotopic (exact) mass is 254 g/mol. The van der Waals surface area contributed by atoms with Gasteiger partial charge in [0.1, 0.15) is 23.3 Å². The zero-order valence-corrected chi connectivity index (χ0v) is 10.9. The SMILES string of the molecule is CCc1nc(C(C)=O)cn1Cc1cccnc1C#N. The van der Waals surface area contributed by atoms with Crippen molar-refractivity contribution in [2.75, 3.05) is 0 Å². The molecule has 0 fully saturated rings. The van der Waals surface area contributed by atoms with Crippen LogP contribution in [0.1, 0.15) is 41.4 Å². The number of ketones is 1. The van der Waals surface area contributed by atoms with E-state index in [1.807, 2.05) is 17.6 Å². The van der Waals surface area contributed by atoms with Crippen molar-refractivity contribution in [3.8, 4) is 6.07 Å². The van der Waals surface area contributed by atoms with Gasteiger partial charge < -0.3 is 4.57 Å². The highest BCUT2D eigenvalue weighted by Gasteiger charge is 2.11. The second-order valence-electron chi connectivity index (χ2n) is 4.20. The molecule has 0 aliphatic rings. The van der Waals surface area contributed by atoms with E-state index in [-0.39, 0.29) is 5.78 Å². The smallest absolute Gasteiger partial charge is 0.179 e. The van der Waals surface area contributed by atoms with Crippen LogP contribution in [0, 0.1) is 11.3 Å². The minimum absolute atomic E-state index is 0.0554. The van der Waals surface area contributed by atoms with Crippen LogP contribution in [0.5, 0.6) is 0 Å². The lowest BCUT2D eigenvalue weighted by Gasteiger charge is -2.07. The minimum atomic E-state index is -0.0554. The lowest BCUT2D eigenvalue weighted by molar-refractivity contribution is 0.101. The third-order valence-electron chi connectivity index (χ3n) is 2.87. The van der Waals surface area contributed by atoms with Crippen LogP contribution >= 0.6 is 0 Å². The standard InChI is InChI=1S/C14H14N4O/c1-3-14-17-13(10(2)19)9-18(14)8-11-5-4-6-16-12(11)7-15/h4-6,9H,3,8H2,1-2H3. The Hall–Kier alpha value is -2.48. The predicted octanol–water partition coefficient (Wildman–Crippen LogP) is 1.96. The molecule has 2 aromatic heterocycles. The van der Waals surface area contributed by atoms with E-state index in [1.54, 1.807) is 18.5 Å². The summed E-state index contributed by atoms with van der Waals surface area (Å²) in [6, 6.07) is 5.73. The first-order valence-electron chi connectivity index (χ1n) is 6.06. The summed E-state index contributed by atoms with van der Waals surface area (Å²) in [6.07, 6.45) is 4.06. The predicted molar refractivity (Wildman–Crippen MR) is 69.7 cm³/mol. The van der Waals surface area contributed by atoms with Gasteiger partial charge in [-0.05, 0) is 6.07 Å². The van der Waals surface area contributed by atoms with Crippen molar-refractivity contribution >= 4 is 5.78 Å². The number of nitrogens with zero attached hydrogens (tertiary/aromatic N) is 4. The Morgan fingerprint density at radius 1 is 1.53 bits per heavy atom. The summed E-state index contributed by atoms with van der Waals surface area (Å²) in [5, 5.41) is 9.02. The first-order valence-corrected chi connectivity index (χ1v) is 6.06. The molecular weight excluding hydrogens is 240 g/mol. The third kappa shape index (κ3) is 2.68. The van der Waals surface area contributed by atoms with Crippen molar-refractivity contribution in [2.24, 2.45) is 0 Å². The van der Waals surface area contributed by atoms with Crippen molar-refractivity contribution in [1.82, 2.24) is 14.5 Å². The lowest BCUT2D eigenvalue weighted by atomic mass is 10.2. The molecule has 0 aliphatic carbocycles. The number of rotatable bonds is 4. The average Bonchev–Trinajstić information content (AvgIpc) is 2.82. The van der Waals surface area contributed by atoms with Crippen molar-refractivity contribution in [3.63, 3.8) is 0 Å². The molecule has 0 aromatic carbocycles. The molecule has 2 rings (SSSR count). The fraction of sp³-hybridized carbons (Fsp3) is 0.286. The average molecular weight is 254 g/mol.